The lowest BCUT2D eigenvalue weighted by molar-refractivity contribution is -0.115. The van der Waals surface area contributed by atoms with Crippen molar-refractivity contribution in [1.82, 2.24) is 15.1 Å². The molecule has 96 valence electrons. The van der Waals surface area contributed by atoms with Crippen LogP contribution in [-0.2, 0) is 4.79 Å². The van der Waals surface area contributed by atoms with Crippen molar-refractivity contribution in [1.29, 1.82) is 0 Å². The zero-order chi connectivity index (χ0) is 13.5. The zero-order valence-corrected chi connectivity index (χ0v) is 10.3. The number of carbonyl (C=O) groups is 1. The van der Waals surface area contributed by atoms with Crippen LogP contribution in [0.4, 0.5) is 5.69 Å². The Balaban J connectivity index is 2.00. The number of terminal acetylenes is 1. The SMILES string of the molecule is C#CCNCC(=O)Nc1cccc(-n2cccn2)c1. The predicted molar refractivity (Wildman–Crippen MR) is 73.9 cm³/mol. The molecule has 0 aliphatic heterocycles. The highest BCUT2D eigenvalue weighted by Gasteiger charge is 2.03. The van der Waals surface area contributed by atoms with Gasteiger partial charge >= 0.3 is 0 Å². The molecule has 1 heterocycles. The molecule has 2 N–H and O–H groups in total. The molecule has 1 amide bonds. The molecular formula is C14H14N4O. The van der Waals surface area contributed by atoms with Crippen LogP contribution in [0.5, 0.6) is 0 Å². The number of carbonyl (C=O) groups excluding carboxylic acids is 1. The fraction of sp³-hybridized carbons (Fsp3) is 0.143. The van der Waals surface area contributed by atoms with E-state index in [4.69, 9.17) is 6.42 Å². The highest BCUT2D eigenvalue weighted by Crippen LogP contribution is 2.13. The summed E-state index contributed by atoms with van der Waals surface area (Å²) in [4.78, 5) is 11.6. The van der Waals surface area contributed by atoms with Crippen LogP contribution < -0.4 is 10.6 Å². The van der Waals surface area contributed by atoms with Crippen LogP contribution in [0, 0.1) is 12.3 Å². The average Bonchev–Trinajstić information content (AvgIpc) is 2.93. The van der Waals surface area contributed by atoms with E-state index in [0.29, 0.717) is 6.54 Å². The molecule has 2 rings (SSSR count). The van der Waals surface area contributed by atoms with Crippen molar-refractivity contribution in [2.75, 3.05) is 18.4 Å². The van der Waals surface area contributed by atoms with E-state index in [9.17, 15) is 4.79 Å². The van der Waals surface area contributed by atoms with Gasteiger partial charge in [0, 0.05) is 18.1 Å². The Morgan fingerprint density at radius 1 is 1.42 bits per heavy atom. The Labute approximate surface area is 111 Å². The molecule has 1 aromatic heterocycles. The van der Waals surface area contributed by atoms with Gasteiger partial charge in [-0.3, -0.25) is 10.1 Å². The largest absolute Gasteiger partial charge is 0.325 e. The second-order valence-corrected chi connectivity index (χ2v) is 3.86. The summed E-state index contributed by atoms with van der Waals surface area (Å²) >= 11 is 0. The highest BCUT2D eigenvalue weighted by molar-refractivity contribution is 5.92. The number of anilines is 1. The first kappa shape index (κ1) is 12.9. The number of nitrogens with one attached hydrogen (secondary N) is 2. The van der Waals surface area contributed by atoms with E-state index in [1.165, 1.54) is 0 Å². The summed E-state index contributed by atoms with van der Waals surface area (Å²) in [6.45, 7) is 0.566. The number of hydrogen-bond acceptors (Lipinski definition) is 3. The van der Waals surface area contributed by atoms with Crippen LogP contribution in [0.2, 0.25) is 0 Å². The van der Waals surface area contributed by atoms with Gasteiger partial charge in [0.25, 0.3) is 0 Å². The van der Waals surface area contributed by atoms with Gasteiger partial charge in [-0.25, -0.2) is 4.68 Å². The molecule has 0 spiro atoms. The average molecular weight is 254 g/mol. The molecule has 1 aromatic carbocycles. The minimum Gasteiger partial charge on any atom is -0.325 e. The summed E-state index contributed by atoms with van der Waals surface area (Å²) < 4.78 is 1.73. The number of rotatable bonds is 5. The van der Waals surface area contributed by atoms with Crippen molar-refractivity contribution < 1.29 is 4.79 Å². The summed E-state index contributed by atoms with van der Waals surface area (Å²) in [6, 6.07) is 9.30. The minimum atomic E-state index is -0.132. The van der Waals surface area contributed by atoms with Gasteiger partial charge in [0.15, 0.2) is 0 Å². The van der Waals surface area contributed by atoms with Gasteiger partial charge in [0.1, 0.15) is 0 Å². The van der Waals surface area contributed by atoms with Gasteiger partial charge in [-0.15, -0.1) is 6.42 Å². The molecular weight excluding hydrogens is 240 g/mol. The van der Waals surface area contributed by atoms with Crippen LogP contribution in [-0.4, -0.2) is 28.8 Å². The Kier molecular flexibility index (Phi) is 4.32. The number of aromatic nitrogens is 2. The molecule has 5 nitrogen and oxygen atoms in total. The predicted octanol–water partition coefficient (Wildman–Crippen LogP) is 1.03. The van der Waals surface area contributed by atoms with Crippen LogP contribution in [0.3, 0.4) is 0 Å². The smallest absolute Gasteiger partial charge is 0.238 e. The highest BCUT2D eigenvalue weighted by atomic mass is 16.1. The van der Waals surface area contributed by atoms with Crippen molar-refractivity contribution >= 4 is 11.6 Å². The molecule has 5 heteroatoms. The van der Waals surface area contributed by atoms with E-state index in [1.54, 1.807) is 10.9 Å². The lowest BCUT2D eigenvalue weighted by Gasteiger charge is -2.07. The standard InChI is InChI=1S/C14H14N4O/c1-2-7-15-11-14(19)17-12-5-3-6-13(10-12)18-9-4-8-16-18/h1,3-6,8-10,15H,7,11H2,(H,17,19). The third-order valence-electron chi connectivity index (χ3n) is 2.41. The van der Waals surface area contributed by atoms with Gasteiger partial charge < -0.3 is 5.32 Å². The molecule has 19 heavy (non-hydrogen) atoms. The maximum atomic E-state index is 11.6. The van der Waals surface area contributed by atoms with Crippen molar-refractivity contribution in [2.45, 2.75) is 0 Å². The number of benzene rings is 1. The molecule has 0 radical (unpaired) electrons. The normalized spacial score (nSPS) is 9.84. The molecule has 0 bridgehead atoms. The molecule has 0 fully saturated rings. The van der Waals surface area contributed by atoms with Gasteiger partial charge in [-0.2, -0.15) is 5.10 Å². The lowest BCUT2D eigenvalue weighted by atomic mass is 10.2. The summed E-state index contributed by atoms with van der Waals surface area (Å²) in [5, 5.41) is 9.76. The van der Waals surface area contributed by atoms with E-state index < -0.39 is 0 Å². The molecule has 0 unspecified atom stereocenters. The first-order chi connectivity index (χ1) is 9.29. The summed E-state index contributed by atoms with van der Waals surface area (Å²) in [6.07, 6.45) is 8.63. The van der Waals surface area contributed by atoms with Gasteiger partial charge in [-0.1, -0.05) is 12.0 Å². The summed E-state index contributed by atoms with van der Waals surface area (Å²) in [7, 11) is 0. The first-order valence-electron chi connectivity index (χ1n) is 5.84. The maximum absolute atomic E-state index is 11.6. The summed E-state index contributed by atoms with van der Waals surface area (Å²) in [5.74, 6) is 2.28. The lowest BCUT2D eigenvalue weighted by Crippen LogP contribution is -2.28. The first-order valence-corrected chi connectivity index (χ1v) is 5.84. The van der Waals surface area contributed by atoms with Gasteiger partial charge in [-0.05, 0) is 24.3 Å². The third-order valence-corrected chi connectivity index (χ3v) is 2.41. The second kappa shape index (κ2) is 6.38. The maximum Gasteiger partial charge on any atom is 0.238 e. The van der Waals surface area contributed by atoms with Crippen LogP contribution in [0.1, 0.15) is 0 Å². The monoisotopic (exact) mass is 254 g/mol. The molecule has 0 atom stereocenters. The molecule has 0 aliphatic carbocycles. The van der Waals surface area contributed by atoms with Crippen LogP contribution >= 0.6 is 0 Å². The summed E-state index contributed by atoms with van der Waals surface area (Å²) in [5.41, 5.74) is 1.61. The van der Waals surface area contributed by atoms with E-state index in [0.717, 1.165) is 11.4 Å². The topological polar surface area (TPSA) is 59.0 Å². The van der Waals surface area contributed by atoms with E-state index >= 15 is 0 Å². The molecule has 0 saturated heterocycles. The minimum absolute atomic E-state index is 0.132. The van der Waals surface area contributed by atoms with Crippen molar-refractivity contribution in [3.05, 3.63) is 42.7 Å². The van der Waals surface area contributed by atoms with Gasteiger partial charge in [0.2, 0.25) is 5.91 Å². The van der Waals surface area contributed by atoms with Crippen molar-refractivity contribution in [2.24, 2.45) is 0 Å². The van der Waals surface area contributed by atoms with E-state index in [-0.39, 0.29) is 12.5 Å². The fourth-order valence-corrected chi connectivity index (χ4v) is 1.60. The second-order valence-electron chi connectivity index (χ2n) is 3.86. The quantitative estimate of drug-likeness (QED) is 0.619. The number of amides is 1. The third kappa shape index (κ3) is 3.69. The van der Waals surface area contributed by atoms with Crippen LogP contribution in [0.15, 0.2) is 42.7 Å². The Bertz CT molecular complexity index is 584. The van der Waals surface area contributed by atoms with E-state index in [1.807, 2.05) is 36.5 Å². The number of nitrogens with zero attached hydrogens (tertiary/aromatic N) is 2. The Hall–Kier alpha value is -2.58. The van der Waals surface area contributed by atoms with Crippen molar-refractivity contribution in [3.8, 4) is 18.0 Å². The fourth-order valence-electron chi connectivity index (χ4n) is 1.60. The number of hydrogen-bond donors (Lipinski definition) is 2. The Morgan fingerprint density at radius 3 is 3.05 bits per heavy atom. The van der Waals surface area contributed by atoms with Gasteiger partial charge in [0.05, 0.1) is 18.8 Å². The zero-order valence-electron chi connectivity index (χ0n) is 10.3. The Morgan fingerprint density at radius 2 is 2.32 bits per heavy atom. The van der Waals surface area contributed by atoms with Crippen molar-refractivity contribution in [3.63, 3.8) is 0 Å². The van der Waals surface area contributed by atoms with Crippen LogP contribution in [0.25, 0.3) is 5.69 Å². The molecule has 2 aromatic rings. The van der Waals surface area contributed by atoms with E-state index in [2.05, 4.69) is 21.7 Å². The molecule has 0 saturated carbocycles. The molecule has 0 aliphatic rings.